The Morgan fingerprint density at radius 2 is 2.00 bits per heavy atom. The summed E-state index contributed by atoms with van der Waals surface area (Å²) in [5.74, 6) is 0. The van der Waals surface area contributed by atoms with Crippen LogP contribution in [0.3, 0.4) is 0 Å². The molecular weight excluding hydrogens is 226 g/mol. The summed E-state index contributed by atoms with van der Waals surface area (Å²) in [7, 11) is 0.134. The van der Waals surface area contributed by atoms with E-state index in [1.165, 1.54) is 4.31 Å². The van der Waals surface area contributed by atoms with Gasteiger partial charge in [0.25, 0.3) is 0 Å². The van der Waals surface area contributed by atoms with Gasteiger partial charge in [-0.25, -0.2) is 12.7 Å². The minimum atomic E-state index is -3.08. The van der Waals surface area contributed by atoms with E-state index in [0.29, 0.717) is 0 Å². The number of hydrogen-bond acceptors (Lipinski definition) is 4. The second kappa shape index (κ2) is 4.00. The normalized spacial score (nSPS) is 34.6. The zero-order chi connectivity index (χ0) is 11.8. The zero-order valence-electron chi connectivity index (χ0n) is 9.81. The van der Waals surface area contributed by atoms with E-state index in [4.69, 9.17) is 0 Å². The van der Waals surface area contributed by atoms with Crippen molar-refractivity contribution in [3.8, 4) is 0 Å². The van der Waals surface area contributed by atoms with Crippen LogP contribution < -0.4 is 5.43 Å². The molecule has 1 aliphatic heterocycles. The molecule has 0 aromatic carbocycles. The Hall–Kier alpha value is -0.620. The fourth-order valence-electron chi connectivity index (χ4n) is 2.50. The molecule has 0 saturated heterocycles. The van der Waals surface area contributed by atoms with Gasteiger partial charge < -0.3 is 5.43 Å². The minimum Gasteiger partial charge on any atom is -0.304 e. The second-order valence-electron chi connectivity index (χ2n) is 4.93. The van der Waals surface area contributed by atoms with E-state index in [2.05, 4.69) is 10.5 Å². The fraction of sp³-hybridized carbons (Fsp3) is 0.900. The lowest BCUT2D eigenvalue weighted by atomic mass is 9.80. The largest absolute Gasteiger partial charge is 0.304 e. The van der Waals surface area contributed by atoms with E-state index in [0.717, 1.165) is 32.1 Å². The maximum absolute atomic E-state index is 12.0. The minimum absolute atomic E-state index is 0.0539. The highest BCUT2D eigenvalue weighted by Gasteiger charge is 2.41. The topological polar surface area (TPSA) is 61.8 Å². The smallest absolute Gasteiger partial charge is 0.216 e. The average molecular weight is 245 g/mol. The molecule has 92 valence electrons. The predicted octanol–water partition coefficient (Wildman–Crippen LogP) is 0.538. The molecule has 0 unspecified atom stereocenters. The average Bonchev–Trinajstić information content (AvgIpc) is 2.67. The maximum atomic E-state index is 12.0. The molecular formula is C10H19N3O2S. The van der Waals surface area contributed by atoms with E-state index < -0.39 is 10.0 Å². The molecule has 1 heterocycles. The Morgan fingerprint density at radius 3 is 2.44 bits per heavy atom. The highest BCUT2D eigenvalue weighted by Crippen LogP contribution is 2.35. The van der Waals surface area contributed by atoms with E-state index in [1.54, 1.807) is 14.1 Å². The van der Waals surface area contributed by atoms with E-state index in [9.17, 15) is 8.42 Å². The van der Waals surface area contributed by atoms with Gasteiger partial charge in [-0.15, -0.1) is 0 Å². The summed E-state index contributed by atoms with van der Waals surface area (Å²) in [6, 6.07) is 0. The Labute approximate surface area is 96.9 Å². The first-order chi connectivity index (χ1) is 7.46. The number of sulfonamides is 1. The second-order valence-corrected chi connectivity index (χ2v) is 7.36. The lowest BCUT2D eigenvalue weighted by Gasteiger charge is -2.36. The van der Waals surface area contributed by atoms with Crippen LogP contribution in [0.4, 0.5) is 0 Å². The molecule has 1 aliphatic carbocycles. The first-order valence-corrected chi connectivity index (χ1v) is 7.17. The van der Waals surface area contributed by atoms with Gasteiger partial charge in [-0.1, -0.05) is 0 Å². The van der Waals surface area contributed by atoms with Crippen LogP contribution in [0, 0.1) is 0 Å². The summed E-state index contributed by atoms with van der Waals surface area (Å²) in [6.45, 7) is 0. The molecule has 1 saturated carbocycles. The maximum Gasteiger partial charge on any atom is 0.216 e. The summed E-state index contributed by atoms with van der Waals surface area (Å²) in [5.41, 5.74) is 3.19. The highest BCUT2D eigenvalue weighted by molar-refractivity contribution is 7.89. The molecule has 0 aromatic heterocycles. The van der Waals surface area contributed by atoms with Crippen LogP contribution >= 0.6 is 0 Å². The molecule has 16 heavy (non-hydrogen) atoms. The third-order valence-electron chi connectivity index (χ3n) is 3.69. The van der Waals surface area contributed by atoms with Gasteiger partial charge in [-0.05, 0) is 25.7 Å². The Balaban J connectivity index is 2.00. The van der Waals surface area contributed by atoms with Crippen molar-refractivity contribution < 1.29 is 8.42 Å². The lowest BCUT2D eigenvalue weighted by molar-refractivity contribution is 0.258. The molecule has 0 radical (unpaired) electrons. The molecule has 0 aromatic rings. The number of hydrogen-bond donors (Lipinski definition) is 1. The van der Waals surface area contributed by atoms with Crippen molar-refractivity contribution >= 4 is 16.2 Å². The predicted molar refractivity (Wildman–Crippen MR) is 63.8 cm³/mol. The number of hydrazone groups is 1. The van der Waals surface area contributed by atoms with Gasteiger partial charge >= 0.3 is 0 Å². The number of nitrogens with one attached hydrogen (secondary N) is 1. The lowest BCUT2D eigenvalue weighted by Crippen LogP contribution is -2.46. The van der Waals surface area contributed by atoms with Crippen LogP contribution in [0.25, 0.3) is 0 Å². The first kappa shape index (κ1) is 11.9. The summed E-state index contributed by atoms with van der Waals surface area (Å²) in [4.78, 5) is 0. The van der Waals surface area contributed by atoms with Gasteiger partial charge in [-0.2, -0.15) is 5.10 Å². The van der Waals surface area contributed by atoms with Crippen LogP contribution in [0.5, 0.6) is 0 Å². The standard InChI is InChI=1S/C10H19N3O2S/c1-13(2)16(14,15)9-3-5-10(6-4-9)7-8-11-12-10/h8-9,12H,3-7H2,1-2H3. The summed E-state index contributed by atoms with van der Waals surface area (Å²) >= 11 is 0. The number of rotatable bonds is 2. The Bertz CT molecular complexity index is 371. The van der Waals surface area contributed by atoms with Crippen molar-refractivity contribution in [2.24, 2.45) is 5.10 Å². The Kier molecular flexibility index (Phi) is 2.96. The third kappa shape index (κ3) is 1.96. The van der Waals surface area contributed by atoms with Crippen molar-refractivity contribution in [3.05, 3.63) is 0 Å². The molecule has 5 nitrogen and oxygen atoms in total. The van der Waals surface area contributed by atoms with Crippen molar-refractivity contribution in [3.63, 3.8) is 0 Å². The number of nitrogens with zero attached hydrogens (tertiary/aromatic N) is 2. The molecule has 1 fully saturated rings. The molecule has 2 rings (SSSR count). The zero-order valence-corrected chi connectivity index (χ0v) is 10.6. The molecule has 0 bridgehead atoms. The van der Waals surface area contributed by atoms with Crippen molar-refractivity contribution in [2.45, 2.75) is 42.9 Å². The van der Waals surface area contributed by atoms with Crippen molar-refractivity contribution in [2.75, 3.05) is 14.1 Å². The van der Waals surface area contributed by atoms with Gasteiger partial charge in [0.2, 0.25) is 10.0 Å². The molecule has 1 N–H and O–H groups in total. The SMILES string of the molecule is CN(C)S(=O)(=O)C1CCC2(CC=NN2)CC1. The highest BCUT2D eigenvalue weighted by atomic mass is 32.2. The first-order valence-electron chi connectivity index (χ1n) is 5.66. The van der Waals surface area contributed by atoms with Crippen molar-refractivity contribution in [1.29, 1.82) is 0 Å². The quantitative estimate of drug-likeness (QED) is 0.772. The van der Waals surface area contributed by atoms with Gasteiger partial charge in [0.15, 0.2) is 0 Å². The van der Waals surface area contributed by atoms with E-state index in [-0.39, 0.29) is 10.8 Å². The summed E-state index contributed by atoms with van der Waals surface area (Å²) in [6.07, 6.45) is 6.08. The summed E-state index contributed by atoms with van der Waals surface area (Å²) in [5, 5.41) is 3.84. The van der Waals surface area contributed by atoms with Gasteiger partial charge in [0.1, 0.15) is 0 Å². The molecule has 6 heteroatoms. The molecule has 0 atom stereocenters. The van der Waals surface area contributed by atoms with Crippen LogP contribution in [0.2, 0.25) is 0 Å². The molecule has 1 spiro atoms. The van der Waals surface area contributed by atoms with E-state index >= 15 is 0 Å². The molecule has 0 amide bonds. The van der Waals surface area contributed by atoms with Crippen LogP contribution in [-0.4, -0.2) is 43.8 Å². The van der Waals surface area contributed by atoms with Crippen molar-refractivity contribution in [1.82, 2.24) is 9.73 Å². The summed E-state index contributed by atoms with van der Waals surface area (Å²) < 4.78 is 25.3. The van der Waals surface area contributed by atoms with E-state index in [1.807, 2.05) is 6.21 Å². The van der Waals surface area contributed by atoms with Crippen LogP contribution in [0.15, 0.2) is 5.10 Å². The van der Waals surface area contributed by atoms with Crippen LogP contribution in [-0.2, 0) is 10.0 Å². The monoisotopic (exact) mass is 245 g/mol. The van der Waals surface area contributed by atoms with Crippen LogP contribution in [0.1, 0.15) is 32.1 Å². The fourth-order valence-corrected chi connectivity index (χ4v) is 3.93. The third-order valence-corrected chi connectivity index (χ3v) is 6.03. The molecule has 2 aliphatic rings. The Morgan fingerprint density at radius 1 is 1.38 bits per heavy atom. The van der Waals surface area contributed by atoms with Gasteiger partial charge in [-0.3, -0.25) is 0 Å². The van der Waals surface area contributed by atoms with Gasteiger partial charge in [0.05, 0.1) is 10.8 Å². The van der Waals surface area contributed by atoms with Gasteiger partial charge in [0, 0.05) is 26.7 Å².